The monoisotopic (exact) mass is 444 g/mol. The minimum atomic E-state index is -0.766. The van der Waals surface area contributed by atoms with Gasteiger partial charge in [-0.15, -0.1) is 0 Å². The molecule has 174 valence electrons. The number of primary amides is 1. The average molecular weight is 444 g/mol. The summed E-state index contributed by atoms with van der Waals surface area (Å²) in [5.41, 5.74) is 4.46. The first-order chi connectivity index (χ1) is 14.4. The predicted octanol–water partition coefficient (Wildman–Crippen LogP) is 3.00. The summed E-state index contributed by atoms with van der Waals surface area (Å²) in [5.74, 6) is -2.85. The van der Waals surface area contributed by atoms with Crippen molar-refractivity contribution < 1.29 is 37.4 Å². The fourth-order valence-corrected chi connectivity index (χ4v) is 2.61. The van der Waals surface area contributed by atoms with Gasteiger partial charge < -0.3 is 25.3 Å². The lowest BCUT2D eigenvalue weighted by Gasteiger charge is -2.24. The molecule has 31 heavy (non-hydrogen) atoms. The highest BCUT2D eigenvalue weighted by Gasteiger charge is 2.21. The van der Waals surface area contributed by atoms with E-state index < -0.39 is 41.2 Å². The molecule has 0 aliphatic carbocycles. The molecule has 3 N–H and O–H groups in total. The van der Waals surface area contributed by atoms with E-state index in [0.717, 1.165) is 12.1 Å². The molecule has 1 aromatic rings. The fourth-order valence-electron chi connectivity index (χ4n) is 2.61. The Balaban J connectivity index is 2.84. The molecule has 0 heterocycles. The van der Waals surface area contributed by atoms with Gasteiger partial charge in [-0.25, -0.2) is 13.6 Å². The largest absolute Gasteiger partial charge is 0.488 e. The van der Waals surface area contributed by atoms with Crippen LogP contribution in [0, 0.1) is 11.6 Å². The Morgan fingerprint density at radius 2 is 1.84 bits per heavy atom. The van der Waals surface area contributed by atoms with Gasteiger partial charge in [0.05, 0.1) is 13.2 Å². The van der Waals surface area contributed by atoms with Gasteiger partial charge >= 0.3 is 12.1 Å². The topological polar surface area (TPSA) is 117 Å². The Bertz CT molecular complexity index is 780. The Morgan fingerprint density at radius 3 is 2.42 bits per heavy atom. The third-order valence-electron chi connectivity index (χ3n) is 4.03. The highest BCUT2D eigenvalue weighted by atomic mass is 19.1. The van der Waals surface area contributed by atoms with Crippen LogP contribution in [0.25, 0.3) is 0 Å². The molecule has 0 bridgehead atoms. The van der Waals surface area contributed by atoms with Gasteiger partial charge in [-0.2, -0.15) is 0 Å². The minimum Gasteiger partial charge on any atom is -0.488 e. The highest BCUT2D eigenvalue weighted by molar-refractivity contribution is 5.74. The SMILES string of the molecule is COC(=O)CCCc1cc(F)cc(OCC(CCC(N)=O)NC(=O)OC(C)(C)C)c1F. The lowest BCUT2D eigenvalue weighted by molar-refractivity contribution is -0.140. The molecule has 0 spiro atoms. The molecule has 0 aromatic heterocycles. The van der Waals surface area contributed by atoms with Gasteiger partial charge in [0.1, 0.15) is 18.0 Å². The predicted molar refractivity (Wildman–Crippen MR) is 108 cm³/mol. The van der Waals surface area contributed by atoms with Crippen LogP contribution in [0.3, 0.4) is 0 Å². The molecule has 1 rings (SSSR count). The summed E-state index contributed by atoms with van der Waals surface area (Å²) in [7, 11) is 1.25. The summed E-state index contributed by atoms with van der Waals surface area (Å²) in [6.45, 7) is 4.82. The van der Waals surface area contributed by atoms with Gasteiger partial charge in [0, 0.05) is 18.9 Å². The van der Waals surface area contributed by atoms with E-state index in [2.05, 4.69) is 10.1 Å². The zero-order valence-corrected chi connectivity index (χ0v) is 18.3. The Labute approximate surface area is 180 Å². The summed E-state index contributed by atoms with van der Waals surface area (Å²) in [6.07, 6.45) is -0.220. The number of aryl methyl sites for hydroxylation is 1. The van der Waals surface area contributed by atoms with Gasteiger partial charge in [-0.3, -0.25) is 9.59 Å². The summed E-state index contributed by atoms with van der Waals surface area (Å²) in [4.78, 5) is 34.3. The van der Waals surface area contributed by atoms with Gasteiger partial charge in [0.25, 0.3) is 0 Å². The van der Waals surface area contributed by atoms with Crippen molar-refractivity contribution >= 4 is 18.0 Å². The normalized spacial score (nSPS) is 12.1. The number of rotatable bonds is 11. The van der Waals surface area contributed by atoms with Crippen molar-refractivity contribution in [1.29, 1.82) is 0 Å². The maximum absolute atomic E-state index is 14.7. The number of carbonyl (C=O) groups is 3. The van der Waals surface area contributed by atoms with E-state index in [4.69, 9.17) is 15.2 Å². The Kier molecular flexibility index (Phi) is 10.2. The molecule has 8 nitrogen and oxygen atoms in total. The first-order valence-electron chi connectivity index (χ1n) is 9.86. The lowest BCUT2D eigenvalue weighted by atomic mass is 10.1. The number of methoxy groups -OCH3 is 1. The van der Waals surface area contributed by atoms with Crippen LogP contribution in [0.5, 0.6) is 5.75 Å². The van der Waals surface area contributed by atoms with Crippen LogP contribution < -0.4 is 15.8 Å². The number of halogens is 2. The number of carbonyl (C=O) groups excluding carboxylic acids is 3. The quantitative estimate of drug-likeness (QED) is 0.507. The van der Waals surface area contributed by atoms with Crippen LogP contribution in [-0.2, 0) is 25.5 Å². The van der Waals surface area contributed by atoms with E-state index in [9.17, 15) is 23.2 Å². The second-order valence-electron chi connectivity index (χ2n) is 7.97. The zero-order chi connectivity index (χ0) is 23.6. The zero-order valence-electron chi connectivity index (χ0n) is 18.3. The number of benzene rings is 1. The van der Waals surface area contributed by atoms with Gasteiger partial charge in [0.15, 0.2) is 11.6 Å². The standard InChI is InChI=1S/C21H30F2N2O6/c1-21(2,3)31-20(28)25-15(8-9-17(24)26)12-30-16-11-14(22)10-13(19(16)23)6-5-7-18(27)29-4/h10-11,15H,5-9,12H2,1-4H3,(H2,24,26)(H,25,28). The number of hydrogen-bond acceptors (Lipinski definition) is 6. The van der Waals surface area contributed by atoms with E-state index in [-0.39, 0.29) is 50.0 Å². The van der Waals surface area contributed by atoms with Crippen molar-refractivity contribution in [3.05, 3.63) is 29.3 Å². The van der Waals surface area contributed by atoms with Crippen molar-refractivity contribution in [1.82, 2.24) is 5.32 Å². The number of nitrogens with two attached hydrogens (primary N) is 1. The summed E-state index contributed by atoms with van der Waals surface area (Å²) in [5, 5.41) is 2.54. The van der Waals surface area contributed by atoms with Gasteiger partial charge in [0.2, 0.25) is 5.91 Å². The van der Waals surface area contributed by atoms with Crippen molar-refractivity contribution in [3.63, 3.8) is 0 Å². The van der Waals surface area contributed by atoms with Crippen molar-refractivity contribution in [3.8, 4) is 5.75 Å². The van der Waals surface area contributed by atoms with Crippen molar-refractivity contribution in [2.45, 2.75) is 64.5 Å². The Hall–Kier alpha value is -2.91. The minimum absolute atomic E-state index is 0.0474. The molecule has 1 unspecified atom stereocenters. The Morgan fingerprint density at radius 1 is 1.16 bits per heavy atom. The van der Waals surface area contributed by atoms with Crippen LogP contribution in [0.2, 0.25) is 0 Å². The molecule has 1 atom stereocenters. The third-order valence-corrected chi connectivity index (χ3v) is 4.03. The van der Waals surface area contributed by atoms with Crippen LogP contribution in [-0.4, -0.2) is 43.3 Å². The van der Waals surface area contributed by atoms with Crippen LogP contribution in [0.4, 0.5) is 13.6 Å². The molecule has 0 aliphatic rings. The average Bonchev–Trinajstić information content (AvgIpc) is 2.65. The number of alkyl carbamates (subject to hydrolysis) is 1. The lowest BCUT2D eigenvalue weighted by Crippen LogP contribution is -2.42. The van der Waals surface area contributed by atoms with E-state index in [1.807, 2.05) is 0 Å². The van der Waals surface area contributed by atoms with Crippen molar-refractivity contribution in [2.24, 2.45) is 5.73 Å². The van der Waals surface area contributed by atoms with Crippen LogP contribution in [0.1, 0.15) is 52.0 Å². The van der Waals surface area contributed by atoms with E-state index in [0.29, 0.717) is 0 Å². The number of ether oxygens (including phenoxy) is 3. The molecule has 0 saturated carbocycles. The molecule has 10 heteroatoms. The number of hydrogen-bond donors (Lipinski definition) is 2. The second kappa shape index (κ2) is 12.1. The molecule has 0 fully saturated rings. The molecule has 0 saturated heterocycles. The van der Waals surface area contributed by atoms with E-state index >= 15 is 0 Å². The summed E-state index contributed by atoms with van der Waals surface area (Å²) < 4.78 is 43.8. The molecular weight excluding hydrogens is 414 g/mol. The maximum Gasteiger partial charge on any atom is 0.407 e. The van der Waals surface area contributed by atoms with Crippen LogP contribution in [0.15, 0.2) is 12.1 Å². The second-order valence-corrected chi connectivity index (χ2v) is 7.97. The van der Waals surface area contributed by atoms with E-state index in [1.165, 1.54) is 7.11 Å². The third kappa shape index (κ3) is 10.6. The van der Waals surface area contributed by atoms with E-state index in [1.54, 1.807) is 20.8 Å². The first kappa shape index (κ1) is 26.1. The van der Waals surface area contributed by atoms with Crippen molar-refractivity contribution in [2.75, 3.05) is 13.7 Å². The summed E-state index contributed by atoms with van der Waals surface area (Å²) in [6, 6.07) is 1.19. The molecule has 0 aliphatic heterocycles. The van der Waals surface area contributed by atoms with Gasteiger partial charge in [-0.1, -0.05) is 0 Å². The smallest absolute Gasteiger partial charge is 0.407 e. The highest BCUT2D eigenvalue weighted by Crippen LogP contribution is 2.24. The van der Waals surface area contributed by atoms with Crippen LogP contribution >= 0.6 is 0 Å². The van der Waals surface area contributed by atoms with Gasteiger partial charge in [-0.05, 0) is 51.7 Å². The molecule has 0 radical (unpaired) electrons. The molecule has 1 aromatic carbocycles. The number of nitrogens with one attached hydrogen (secondary N) is 1. The fraction of sp³-hybridized carbons (Fsp3) is 0.571. The molecule has 2 amide bonds. The first-order valence-corrected chi connectivity index (χ1v) is 9.86. The molecular formula is C21H30F2N2O6. The summed E-state index contributed by atoms with van der Waals surface area (Å²) >= 11 is 0. The number of esters is 1. The maximum atomic E-state index is 14.7. The number of amides is 2.